The van der Waals surface area contributed by atoms with Gasteiger partial charge in [0.25, 0.3) is 5.91 Å². The normalized spacial score (nSPS) is 20.6. The van der Waals surface area contributed by atoms with Crippen LogP contribution in [-0.2, 0) is 5.66 Å². The molecule has 0 spiro atoms. The summed E-state index contributed by atoms with van der Waals surface area (Å²) in [6.07, 6.45) is 0.885. The van der Waals surface area contributed by atoms with Crippen molar-refractivity contribution in [2.75, 3.05) is 11.9 Å². The molecule has 132 valence electrons. The second-order valence-corrected chi connectivity index (χ2v) is 6.64. The third kappa shape index (κ3) is 2.97. The zero-order valence-electron chi connectivity index (χ0n) is 15.4. The Bertz CT molecular complexity index is 774. The fourth-order valence-corrected chi connectivity index (χ4v) is 3.52. The van der Waals surface area contributed by atoms with Crippen molar-refractivity contribution in [1.82, 2.24) is 4.90 Å². The van der Waals surface area contributed by atoms with Crippen molar-refractivity contribution < 1.29 is 9.53 Å². The molecule has 1 heterocycles. The molecule has 2 atom stereocenters. The molecule has 2 aromatic rings. The van der Waals surface area contributed by atoms with Crippen LogP contribution in [0.2, 0.25) is 0 Å². The van der Waals surface area contributed by atoms with Crippen LogP contribution in [0.15, 0.2) is 48.5 Å². The highest BCUT2D eigenvalue weighted by Crippen LogP contribution is 2.40. The molecule has 3 rings (SSSR count). The number of carbonyl (C=O) groups is 1. The van der Waals surface area contributed by atoms with Crippen LogP contribution in [-0.4, -0.2) is 23.5 Å². The van der Waals surface area contributed by atoms with Crippen molar-refractivity contribution in [3.8, 4) is 5.75 Å². The van der Waals surface area contributed by atoms with Gasteiger partial charge in [-0.3, -0.25) is 4.79 Å². The number of hydrogen-bond acceptors (Lipinski definition) is 3. The first-order valence-corrected chi connectivity index (χ1v) is 8.95. The highest BCUT2D eigenvalue weighted by molar-refractivity contribution is 6.02. The molecule has 0 radical (unpaired) electrons. The highest BCUT2D eigenvalue weighted by atomic mass is 16.5. The number of benzene rings is 2. The zero-order chi connectivity index (χ0) is 18.0. The molecule has 4 nitrogen and oxygen atoms in total. The van der Waals surface area contributed by atoms with Gasteiger partial charge in [0.05, 0.1) is 12.2 Å². The summed E-state index contributed by atoms with van der Waals surface area (Å²) in [6.45, 7) is 8.86. The average Bonchev–Trinajstić information content (AvgIpc) is 2.62. The van der Waals surface area contributed by atoms with Gasteiger partial charge in [-0.25, -0.2) is 0 Å². The van der Waals surface area contributed by atoms with Gasteiger partial charge in [-0.05, 0) is 51.5 Å². The maximum atomic E-state index is 13.3. The van der Waals surface area contributed by atoms with E-state index in [0.717, 1.165) is 29.0 Å². The molecule has 25 heavy (non-hydrogen) atoms. The van der Waals surface area contributed by atoms with E-state index < -0.39 is 5.66 Å². The third-order valence-corrected chi connectivity index (χ3v) is 4.97. The zero-order valence-corrected chi connectivity index (χ0v) is 15.4. The number of amides is 1. The van der Waals surface area contributed by atoms with Crippen molar-refractivity contribution in [1.29, 1.82) is 0 Å². The molecular weight excluding hydrogens is 312 g/mol. The number of anilines is 1. The number of hydrogen-bond donors (Lipinski definition) is 1. The maximum absolute atomic E-state index is 13.3. The minimum absolute atomic E-state index is 0.0630. The molecule has 0 aromatic heterocycles. The van der Waals surface area contributed by atoms with E-state index in [4.69, 9.17) is 4.74 Å². The fourth-order valence-electron chi connectivity index (χ4n) is 3.52. The Morgan fingerprint density at radius 2 is 1.92 bits per heavy atom. The lowest BCUT2D eigenvalue weighted by Crippen LogP contribution is -2.58. The molecule has 0 saturated heterocycles. The van der Waals surface area contributed by atoms with Crippen LogP contribution in [0.5, 0.6) is 5.75 Å². The summed E-state index contributed by atoms with van der Waals surface area (Å²) in [5.74, 6) is 0.881. The van der Waals surface area contributed by atoms with Gasteiger partial charge in [0.15, 0.2) is 0 Å². The number of fused-ring (bicyclic) bond motifs is 1. The lowest BCUT2D eigenvalue weighted by Gasteiger charge is -2.49. The van der Waals surface area contributed by atoms with E-state index >= 15 is 0 Å². The van der Waals surface area contributed by atoms with Crippen LogP contribution in [0.3, 0.4) is 0 Å². The fraction of sp³-hybridized carbons (Fsp3) is 0.381. The van der Waals surface area contributed by atoms with Crippen LogP contribution < -0.4 is 10.1 Å². The number of carbonyl (C=O) groups excluding carboxylic acids is 1. The van der Waals surface area contributed by atoms with Gasteiger partial charge in [0.2, 0.25) is 0 Å². The summed E-state index contributed by atoms with van der Waals surface area (Å²) in [4.78, 5) is 15.2. The Morgan fingerprint density at radius 3 is 2.64 bits per heavy atom. The van der Waals surface area contributed by atoms with E-state index in [1.807, 2.05) is 60.4 Å². The van der Waals surface area contributed by atoms with E-state index in [2.05, 4.69) is 26.1 Å². The molecule has 4 heteroatoms. The number of ether oxygens (including phenoxy) is 1. The lowest BCUT2D eigenvalue weighted by atomic mass is 9.91. The molecule has 1 amide bonds. The number of nitrogens with one attached hydrogen (secondary N) is 1. The van der Waals surface area contributed by atoms with Gasteiger partial charge in [-0.15, -0.1) is 0 Å². The number of nitrogens with zero attached hydrogens (tertiary/aromatic N) is 1. The summed E-state index contributed by atoms with van der Waals surface area (Å²) in [6, 6.07) is 15.8. The molecule has 1 aliphatic heterocycles. The van der Waals surface area contributed by atoms with E-state index in [9.17, 15) is 4.79 Å². The lowest BCUT2D eigenvalue weighted by molar-refractivity contribution is 0.0399. The second kappa shape index (κ2) is 6.79. The Balaban J connectivity index is 2.13. The molecular formula is C21H26N2O2. The van der Waals surface area contributed by atoms with Crippen molar-refractivity contribution in [3.05, 3.63) is 59.7 Å². The van der Waals surface area contributed by atoms with E-state index in [1.165, 1.54) is 0 Å². The molecule has 0 fully saturated rings. The molecule has 0 saturated carbocycles. The first-order valence-electron chi connectivity index (χ1n) is 8.95. The predicted molar refractivity (Wildman–Crippen MR) is 101 cm³/mol. The second-order valence-electron chi connectivity index (χ2n) is 6.64. The first kappa shape index (κ1) is 17.3. The van der Waals surface area contributed by atoms with Gasteiger partial charge >= 0.3 is 0 Å². The minimum atomic E-state index is -0.631. The van der Waals surface area contributed by atoms with E-state index in [0.29, 0.717) is 6.61 Å². The van der Waals surface area contributed by atoms with Crippen LogP contribution in [0.25, 0.3) is 0 Å². The number of para-hydroxylation sites is 1. The third-order valence-electron chi connectivity index (χ3n) is 4.97. The van der Waals surface area contributed by atoms with Crippen LogP contribution in [0, 0.1) is 0 Å². The molecule has 0 aliphatic carbocycles. The quantitative estimate of drug-likeness (QED) is 0.864. The average molecular weight is 338 g/mol. The monoisotopic (exact) mass is 338 g/mol. The first-order chi connectivity index (χ1) is 12.0. The summed E-state index contributed by atoms with van der Waals surface area (Å²) in [7, 11) is 0. The van der Waals surface area contributed by atoms with Crippen molar-refractivity contribution in [3.63, 3.8) is 0 Å². The largest absolute Gasteiger partial charge is 0.494 e. The van der Waals surface area contributed by atoms with Crippen molar-refractivity contribution >= 4 is 11.6 Å². The topological polar surface area (TPSA) is 41.6 Å². The van der Waals surface area contributed by atoms with Crippen molar-refractivity contribution in [2.45, 2.75) is 45.8 Å². The summed E-state index contributed by atoms with van der Waals surface area (Å²) >= 11 is 0. The number of rotatable bonds is 5. The molecule has 2 unspecified atom stereocenters. The van der Waals surface area contributed by atoms with Gasteiger partial charge in [-0.2, -0.15) is 0 Å². The molecule has 1 aliphatic rings. The summed E-state index contributed by atoms with van der Waals surface area (Å²) in [5, 5.41) is 3.60. The Hall–Kier alpha value is -2.49. The van der Waals surface area contributed by atoms with Crippen LogP contribution >= 0.6 is 0 Å². The summed E-state index contributed by atoms with van der Waals surface area (Å²) in [5.41, 5.74) is 1.98. The SMILES string of the molecule is CCOc1cccc(C2(C)Nc3ccccc3C(=O)N2C(C)CC)c1. The predicted octanol–water partition coefficient (Wildman–Crippen LogP) is 4.62. The Labute approximate surface area is 149 Å². The molecule has 1 N–H and O–H groups in total. The molecule has 0 bridgehead atoms. The van der Waals surface area contributed by atoms with E-state index in [1.54, 1.807) is 0 Å². The maximum Gasteiger partial charge on any atom is 0.258 e. The Morgan fingerprint density at radius 1 is 1.16 bits per heavy atom. The highest BCUT2D eigenvalue weighted by Gasteiger charge is 2.44. The standard InChI is InChI=1S/C21H26N2O2/c1-5-15(3)23-20(24)18-12-7-8-13-19(18)22-21(23,4)16-10-9-11-17(14-16)25-6-2/h7-15,22H,5-6H2,1-4H3. The van der Waals surface area contributed by atoms with Gasteiger partial charge in [-0.1, -0.05) is 31.2 Å². The smallest absolute Gasteiger partial charge is 0.258 e. The van der Waals surface area contributed by atoms with Crippen LogP contribution in [0.1, 0.15) is 50.0 Å². The molecule has 2 aromatic carbocycles. The van der Waals surface area contributed by atoms with E-state index in [-0.39, 0.29) is 11.9 Å². The van der Waals surface area contributed by atoms with Gasteiger partial charge in [0.1, 0.15) is 11.4 Å². The summed E-state index contributed by atoms with van der Waals surface area (Å²) < 4.78 is 5.67. The minimum Gasteiger partial charge on any atom is -0.494 e. The van der Waals surface area contributed by atoms with Crippen molar-refractivity contribution in [2.24, 2.45) is 0 Å². The Kier molecular flexibility index (Phi) is 4.71. The van der Waals surface area contributed by atoms with Gasteiger partial charge in [0, 0.05) is 17.3 Å². The van der Waals surface area contributed by atoms with Crippen LogP contribution in [0.4, 0.5) is 5.69 Å². The van der Waals surface area contributed by atoms with Gasteiger partial charge < -0.3 is 15.0 Å².